The Hall–Kier alpha value is -1.09. The third-order valence-corrected chi connectivity index (χ3v) is 2.74. The highest BCUT2D eigenvalue weighted by Gasteiger charge is 2.24. The highest BCUT2D eigenvalue weighted by molar-refractivity contribution is 5.30. The van der Waals surface area contributed by atoms with Crippen molar-refractivity contribution in [3.05, 3.63) is 29.6 Å². The number of ether oxygens (including phenoxy) is 1. The fraction of sp³-hybridized carbons (Fsp3) is 0.500. The van der Waals surface area contributed by atoms with E-state index >= 15 is 0 Å². The van der Waals surface area contributed by atoms with E-state index in [2.05, 4.69) is 5.32 Å². The molecule has 1 aromatic carbocycles. The molecule has 0 aromatic heterocycles. The van der Waals surface area contributed by atoms with Crippen molar-refractivity contribution >= 4 is 0 Å². The summed E-state index contributed by atoms with van der Waals surface area (Å²) >= 11 is 0. The summed E-state index contributed by atoms with van der Waals surface area (Å²) in [5, 5.41) is 3.37. The summed E-state index contributed by atoms with van der Waals surface area (Å²) in [4.78, 5) is 0. The summed E-state index contributed by atoms with van der Waals surface area (Å²) in [6.07, 6.45) is 2.42. The van der Waals surface area contributed by atoms with Crippen LogP contribution in [0.25, 0.3) is 0 Å². The Morgan fingerprint density at radius 2 is 2.20 bits per heavy atom. The molecule has 1 N–H and O–H groups in total. The molecule has 1 atom stereocenters. The Labute approximate surface area is 89.4 Å². The van der Waals surface area contributed by atoms with Gasteiger partial charge in [-0.2, -0.15) is 0 Å². The van der Waals surface area contributed by atoms with Gasteiger partial charge in [-0.15, -0.1) is 0 Å². The zero-order valence-electron chi connectivity index (χ0n) is 9.09. The second-order valence-electron chi connectivity index (χ2n) is 4.05. The molecule has 1 aromatic rings. The SMILES string of the molecule is COc1ccc(C(C)NC2CC2)c(F)c1. The lowest BCUT2D eigenvalue weighted by Gasteiger charge is -2.14. The van der Waals surface area contributed by atoms with E-state index in [1.807, 2.05) is 6.92 Å². The number of nitrogens with one attached hydrogen (secondary N) is 1. The van der Waals surface area contributed by atoms with Crippen molar-refractivity contribution in [2.24, 2.45) is 0 Å². The number of hydrogen-bond acceptors (Lipinski definition) is 2. The van der Waals surface area contributed by atoms with Gasteiger partial charge in [-0.1, -0.05) is 6.07 Å². The van der Waals surface area contributed by atoms with Crippen molar-refractivity contribution in [3.63, 3.8) is 0 Å². The van der Waals surface area contributed by atoms with E-state index in [0.29, 0.717) is 17.4 Å². The van der Waals surface area contributed by atoms with Crippen molar-refractivity contribution in [1.29, 1.82) is 0 Å². The monoisotopic (exact) mass is 209 g/mol. The summed E-state index contributed by atoms with van der Waals surface area (Å²) in [6, 6.07) is 5.67. The maximum absolute atomic E-state index is 13.6. The molecule has 15 heavy (non-hydrogen) atoms. The lowest BCUT2D eigenvalue weighted by atomic mass is 10.1. The van der Waals surface area contributed by atoms with Gasteiger partial charge in [0.05, 0.1) is 7.11 Å². The summed E-state index contributed by atoms with van der Waals surface area (Å²) in [5.74, 6) is 0.366. The van der Waals surface area contributed by atoms with Gasteiger partial charge in [0.1, 0.15) is 11.6 Å². The van der Waals surface area contributed by atoms with Crippen LogP contribution in [0.3, 0.4) is 0 Å². The maximum Gasteiger partial charge on any atom is 0.131 e. The number of methoxy groups -OCH3 is 1. The first kappa shape index (κ1) is 10.4. The number of hydrogen-bond donors (Lipinski definition) is 1. The Morgan fingerprint density at radius 3 is 2.73 bits per heavy atom. The molecular formula is C12H16FNO. The smallest absolute Gasteiger partial charge is 0.131 e. The maximum atomic E-state index is 13.6. The van der Waals surface area contributed by atoms with Gasteiger partial charge in [0.2, 0.25) is 0 Å². The molecule has 3 heteroatoms. The standard InChI is InChI=1S/C12H16FNO/c1-8(14-9-3-4-9)11-6-5-10(15-2)7-12(11)13/h5-9,14H,3-4H2,1-2H3. The van der Waals surface area contributed by atoms with E-state index in [4.69, 9.17) is 4.74 Å². The molecule has 1 aliphatic carbocycles. The van der Waals surface area contributed by atoms with Gasteiger partial charge in [-0.05, 0) is 25.8 Å². The van der Waals surface area contributed by atoms with E-state index in [1.165, 1.54) is 18.9 Å². The molecule has 1 fully saturated rings. The Morgan fingerprint density at radius 1 is 1.47 bits per heavy atom. The average Bonchev–Trinajstić information content (AvgIpc) is 3.01. The van der Waals surface area contributed by atoms with E-state index < -0.39 is 0 Å². The first-order valence-corrected chi connectivity index (χ1v) is 5.30. The van der Waals surface area contributed by atoms with Crippen LogP contribution in [-0.2, 0) is 0 Å². The van der Waals surface area contributed by atoms with Crippen LogP contribution in [0.15, 0.2) is 18.2 Å². The third-order valence-electron chi connectivity index (χ3n) is 2.74. The zero-order chi connectivity index (χ0) is 10.8. The van der Waals surface area contributed by atoms with Crippen LogP contribution in [0, 0.1) is 5.82 Å². The first-order valence-electron chi connectivity index (χ1n) is 5.30. The van der Waals surface area contributed by atoms with Gasteiger partial charge in [-0.25, -0.2) is 4.39 Å². The van der Waals surface area contributed by atoms with Crippen LogP contribution in [0.1, 0.15) is 31.4 Å². The van der Waals surface area contributed by atoms with Gasteiger partial charge >= 0.3 is 0 Å². The highest BCUT2D eigenvalue weighted by Crippen LogP contribution is 2.26. The minimum atomic E-state index is -0.199. The normalized spacial score (nSPS) is 17.5. The predicted octanol–water partition coefficient (Wildman–Crippen LogP) is 2.65. The molecular weight excluding hydrogens is 193 g/mol. The van der Waals surface area contributed by atoms with Crippen molar-refractivity contribution < 1.29 is 9.13 Å². The topological polar surface area (TPSA) is 21.3 Å². The Balaban J connectivity index is 2.11. The molecule has 1 aliphatic rings. The Bertz CT molecular complexity index is 349. The van der Waals surface area contributed by atoms with Gasteiger partial charge in [0, 0.05) is 23.7 Å². The second-order valence-corrected chi connectivity index (χ2v) is 4.05. The van der Waals surface area contributed by atoms with Crippen LogP contribution in [0.5, 0.6) is 5.75 Å². The molecule has 1 unspecified atom stereocenters. The van der Waals surface area contributed by atoms with Crippen LogP contribution in [0.2, 0.25) is 0 Å². The quantitative estimate of drug-likeness (QED) is 0.823. The summed E-state index contributed by atoms with van der Waals surface area (Å²) in [5.41, 5.74) is 0.711. The van der Waals surface area contributed by atoms with Crippen LogP contribution in [-0.4, -0.2) is 13.2 Å². The molecule has 0 radical (unpaired) electrons. The van der Waals surface area contributed by atoms with E-state index in [0.717, 1.165) is 0 Å². The molecule has 1 saturated carbocycles. The number of benzene rings is 1. The molecule has 0 saturated heterocycles. The molecule has 0 bridgehead atoms. The zero-order valence-corrected chi connectivity index (χ0v) is 9.09. The number of rotatable bonds is 4. The second kappa shape index (κ2) is 4.19. The number of halogens is 1. The van der Waals surface area contributed by atoms with Crippen LogP contribution < -0.4 is 10.1 Å². The molecule has 0 amide bonds. The van der Waals surface area contributed by atoms with Crippen LogP contribution >= 0.6 is 0 Å². The minimum absolute atomic E-state index is 0.0726. The van der Waals surface area contributed by atoms with E-state index in [-0.39, 0.29) is 11.9 Å². The van der Waals surface area contributed by atoms with Gasteiger partial charge in [-0.3, -0.25) is 0 Å². The van der Waals surface area contributed by atoms with Crippen LogP contribution in [0.4, 0.5) is 4.39 Å². The summed E-state index contributed by atoms with van der Waals surface area (Å²) < 4.78 is 18.6. The highest BCUT2D eigenvalue weighted by atomic mass is 19.1. The summed E-state index contributed by atoms with van der Waals surface area (Å²) in [7, 11) is 1.54. The summed E-state index contributed by atoms with van der Waals surface area (Å²) in [6.45, 7) is 1.99. The fourth-order valence-electron chi connectivity index (χ4n) is 1.68. The molecule has 2 nitrogen and oxygen atoms in total. The molecule has 0 aliphatic heterocycles. The van der Waals surface area contributed by atoms with Gasteiger partial charge in [0.25, 0.3) is 0 Å². The predicted molar refractivity (Wildman–Crippen MR) is 57.5 cm³/mol. The molecule has 82 valence electrons. The van der Waals surface area contributed by atoms with Crippen molar-refractivity contribution in [1.82, 2.24) is 5.32 Å². The Kier molecular flexibility index (Phi) is 2.91. The van der Waals surface area contributed by atoms with Crippen molar-refractivity contribution in [2.45, 2.75) is 31.8 Å². The van der Waals surface area contributed by atoms with Gasteiger partial charge < -0.3 is 10.1 Å². The molecule has 2 rings (SSSR count). The van der Waals surface area contributed by atoms with E-state index in [9.17, 15) is 4.39 Å². The van der Waals surface area contributed by atoms with Gasteiger partial charge in [0.15, 0.2) is 0 Å². The fourth-order valence-corrected chi connectivity index (χ4v) is 1.68. The lowest BCUT2D eigenvalue weighted by molar-refractivity contribution is 0.409. The van der Waals surface area contributed by atoms with Crippen molar-refractivity contribution in [3.8, 4) is 5.75 Å². The minimum Gasteiger partial charge on any atom is -0.497 e. The third kappa shape index (κ3) is 2.48. The lowest BCUT2D eigenvalue weighted by Crippen LogP contribution is -2.21. The first-order chi connectivity index (χ1) is 7.20. The van der Waals surface area contributed by atoms with E-state index in [1.54, 1.807) is 19.2 Å². The molecule has 0 heterocycles. The van der Waals surface area contributed by atoms with Crippen molar-refractivity contribution in [2.75, 3.05) is 7.11 Å². The average molecular weight is 209 g/mol. The largest absolute Gasteiger partial charge is 0.497 e. The molecule has 0 spiro atoms.